The molecular formula is C18H18N6O2. The predicted molar refractivity (Wildman–Crippen MR) is 99.0 cm³/mol. The molecule has 1 aromatic carbocycles. The quantitative estimate of drug-likeness (QED) is 0.603. The van der Waals surface area contributed by atoms with Crippen LogP contribution >= 0.6 is 0 Å². The van der Waals surface area contributed by atoms with Crippen LogP contribution in [0.15, 0.2) is 35.1 Å². The van der Waals surface area contributed by atoms with E-state index in [4.69, 9.17) is 10.5 Å². The van der Waals surface area contributed by atoms with E-state index in [9.17, 15) is 4.79 Å². The number of fused-ring (bicyclic) bond motifs is 2. The Morgan fingerprint density at radius 3 is 2.54 bits per heavy atom. The van der Waals surface area contributed by atoms with Gasteiger partial charge in [-0.25, -0.2) is 9.78 Å². The number of nitrogens with two attached hydrogens (primary N) is 1. The second-order valence-corrected chi connectivity index (χ2v) is 6.18. The van der Waals surface area contributed by atoms with E-state index in [0.29, 0.717) is 45.9 Å². The van der Waals surface area contributed by atoms with Gasteiger partial charge in [0.15, 0.2) is 11.3 Å². The van der Waals surface area contributed by atoms with Gasteiger partial charge in [0, 0.05) is 14.1 Å². The van der Waals surface area contributed by atoms with E-state index < -0.39 is 0 Å². The molecular weight excluding hydrogens is 332 g/mol. The van der Waals surface area contributed by atoms with E-state index in [0.717, 1.165) is 5.56 Å². The molecule has 3 aromatic heterocycles. The normalized spacial score (nSPS) is 11.3. The zero-order chi connectivity index (χ0) is 18.4. The Morgan fingerprint density at radius 2 is 1.81 bits per heavy atom. The topological polar surface area (TPSA) is 101 Å². The SMILES string of the molecule is Cc1nnc2nc3c(c(OCc4ccccc4)c12)c(N)n(C)c(=O)n3C. The highest BCUT2D eigenvalue weighted by Gasteiger charge is 2.21. The lowest BCUT2D eigenvalue weighted by Crippen LogP contribution is -2.29. The first-order valence-electron chi connectivity index (χ1n) is 8.13. The van der Waals surface area contributed by atoms with Crippen LogP contribution in [0.25, 0.3) is 22.1 Å². The van der Waals surface area contributed by atoms with Gasteiger partial charge in [0.25, 0.3) is 0 Å². The summed E-state index contributed by atoms with van der Waals surface area (Å²) in [5.41, 5.74) is 8.55. The summed E-state index contributed by atoms with van der Waals surface area (Å²) in [6.07, 6.45) is 0. The zero-order valence-corrected chi connectivity index (χ0v) is 14.7. The molecule has 26 heavy (non-hydrogen) atoms. The Hall–Kier alpha value is -3.42. The molecule has 2 N–H and O–H groups in total. The van der Waals surface area contributed by atoms with E-state index in [1.54, 1.807) is 14.1 Å². The van der Waals surface area contributed by atoms with E-state index in [2.05, 4.69) is 15.2 Å². The van der Waals surface area contributed by atoms with Crippen LogP contribution in [0.2, 0.25) is 0 Å². The number of aryl methyl sites for hydroxylation is 2. The molecule has 4 rings (SSSR count). The number of nitrogen functional groups attached to an aromatic ring is 1. The van der Waals surface area contributed by atoms with Crippen molar-refractivity contribution >= 4 is 27.9 Å². The summed E-state index contributed by atoms with van der Waals surface area (Å²) in [7, 11) is 3.27. The summed E-state index contributed by atoms with van der Waals surface area (Å²) in [5.74, 6) is 0.834. The number of hydrogen-bond donors (Lipinski definition) is 1. The van der Waals surface area contributed by atoms with Gasteiger partial charge in [0.2, 0.25) is 0 Å². The van der Waals surface area contributed by atoms with Gasteiger partial charge in [-0.2, -0.15) is 5.10 Å². The second kappa shape index (κ2) is 5.83. The van der Waals surface area contributed by atoms with Gasteiger partial charge in [-0.15, -0.1) is 5.10 Å². The first-order chi connectivity index (χ1) is 12.5. The van der Waals surface area contributed by atoms with Crippen molar-refractivity contribution in [2.45, 2.75) is 13.5 Å². The largest absolute Gasteiger partial charge is 0.487 e. The van der Waals surface area contributed by atoms with E-state index in [1.807, 2.05) is 37.3 Å². The number of benzene rings is 1. The Balaban J connectivity index is 2.03. The first kappa shape index (κ1) is 16.1. The number of nitrogens with zero attached hydrogens (tertiary/aromatic N) is 5. The maximum Gasteiger partial charge on any atom is 0.330 e. The van der Waals surface area contributed by atoms with E-state index in [1.165, 1.54) is 9.13 Å². The molecule has 132 valence electrons. The third kappa shape index (κ3) is 2.30. The predicted octanol–water partition coefficient (Wildman–Crippen LogP) is 1.68. The van der Waals surface area contributed by atoms with Gasteiger partial charge in [0.05, 0.1) is 11.1 Å². The highest BCUT2D eigenvalue weighted by atomic mass is 16.5. The van der Waals surface area contributed by atoms with Crippen molar-refractivity contribution in [2.75, 3.05) is 5.73 Å². The summed E-state index contributed by atoms with van der Waals surface area (Å²) >= 11 is 0. The lowest BCUT2D eigenvalue weighted by molar-refractivity contribution is 0.313. The lowest BCUT2D eigenvalue weighted by atomic mass is 10.2. The maximum absolute atomic E-state index is 12.4. The van der Waals surface area contributed by atoms with Crippen LogP contribution < -0.4 is 16.2 Å². The van der Waals surface area contributed by atoms with Crippen LogP contribution in [0.1, 0.15) is 11.3 Å². The summed E-state index contributed by atoms with van der Waals surface area (Å²) in [6, 6.07) is 9.82. The van der Waals surface area contributed by atoms with Crippen LogP contribution in [0.4, 0.5) is 5.82 Å². The molecule has 0 radical (unpaired) electrons. The van der Waals surface area contributed by atoms with Gasteiger partial charge in [-0.1, -0.05) is 30.3 Å². The molecule has 0 saturated heterocycles. The second-order valence-electron chi connectivity index (χ2n) is 6.18. The van der Waals surface area contributed by atoms with Crippen LogP contribution in [0, 0.1) is 6.92 Å². The molecule has 0 amide bonds. The highest BCUT2D eigenvalue weighted by molar-refractivity contribution is 6.04. The molecule has 0 bridgehead atoms. The summed E-state index contributed by atoms with van der Waals surface area (Å²) in [4.78, 5) is 16.9. The molecule has 0 aliphatic heterocycles. The van der Waals surface area contributed by atoms with Crippen molar-refractivity contribution < 1.29 is 4.74 Å². The number of anilines is 1. The Labute approximate surface area is 148 Å². The fourth-order valence-corrected chi connectivity index (χ4v) is 3.05. The van der Waals surface area contributed by atoms with Crippen LogP contribution in [0.5, 0.6) is 5.75 Å². The van der Waals surface area contributed by atoms with Gasteiger partial charge in [-0.3, -0.25) is 9.13 Å². The van der Waals surface area contributed by atoms with Crippen molar-refractivity contribution in [3.8, 4) is 5.75 Å². The van der Waals surface area contributed by atoms with Gasteiger partial charge < -0.3 is 10.5 Å². The molecule has 0 aliphatic rings. The van der Waals surface area contributed by atoms with Gasteiger partial charge in [0.1, 0.15) is 23.6 Å². The maximum atomic E-state index is 12.4. The van der Waals surface area contributed by atoms with E-state index >= 15 is 0 Å². The third-order valence-corrected chi connectivity index (χ3v) is 4.50. The smallest absolute Gasteiger partial charge is 0.330 e. The number of ether oxygens (including phenoxy) is 1. The third-order valence-electron chi connectivity index (χ3n) is 4.50. The highest BCUT2D eigenvalue weighted by Crippen LogP contribution is 2.36. The molecule has 0 fully saturated rings. The fourth-order valence-electron chi connectivity index (χ4n) is 3.05. The van der Waals surface area contributed by atoms with Gasteiger partial charge >= 0.3 is 5.69 Å². The lowest BCUT2D eigenvalue weighted by Gasteiger charge is -2.16. The summed E-state index contributed by atoms with van der Waals surface area (Å²) < 4.78 is 8.97. The standard InChI is InChI=1S/C18H18N6O2/c1-10-12-14(26-9-11-7-5-4-6-8-11)13-15(19)23(2)18(25)24(3)17(13)20-16(12)22-21-10/h4-8H,9,19H2,1-3H3. The average molecular weight is 350 g/mol. The number of rotatable bonds is 3. The molecule has 4 aromatic rings. The first-order valence-corrected chi connectivity index (χ1v) is 8.13. The molecule has 8 nitrogen and oxygen atoms in total. The average Bonchev–Trinajstić information content (AvgIpc) is 3.03. The number of aromatic nitrogens is 5. The minimum absolute atomic E-state index is 0.271. The molecule has 8 heteroatoms. The van der Waals surface area contributed by atoms with Crippen LogP contribution in [-0.2, 0) is 20.7 Å². The fraction of sp³-hybridized carbons (Fsp3) is 0.222. The van der Waals surface area contributed by atoms with Crippen molar-refractivity contribution in [2.24, 2.45) is 14.1 Å². The molecule has 0 spiro atoms. The van der Waals surface area contributed by atoms with Crippen LogP contribution in [0.3, 0.4) is 0 Å². The summed E-state index contributed by atoms with van der Waals surface area (Å²) in [5, 5.41) is 9.50. The van der Waals surface area contributed by atoms with Crippen molar-refractivity contribution in [3.63, 3.8) is 0 Å². The summed E-state index contributed by atoms with van der Waals surface area (Å²) in [6.45, 7) is 2.20. The van der Waals surface area contributed by atoms with Crippen LogP contribution in [-0.4, -0.2) is 24.3 Å². The number of hydrogen-bond acceptors (Lipinski definition) is 6. The van der Waals surface area contributed by atoms with Crippen molar-refractivity contribution in [1.82, 2.24) is 24.3 Å². The molecule has 0 aliphatic carbocycles. The molecule has 0 unspecified atom stereocenters. The Morgan fingerprint density at radius 1 is 1.08 bits per heavy atom. The molecule has 3 heterocycles. The van der Waals surface area contributed by atoms with E-state index in [-0.39, 0.29) is 5.69 Å². The monoisotopic (exact) mass is 350 g/mol. The van der Waals surface area contributed by atoms with Crippen molar-refractivity contribution in [3.05, 3.63) is 52.1 Å². The Bertz CT molecular complexity index is 1190. The molecule has 0 saturated carbocycles. The Kier molecular flexibility index (Phi) is 3.61. The minimum Gasteiger partial charge on any atom is -0.487 e. The number of pyridine rings is 1. The molecule has 0 atom stereocenters. The zero-order valence-electron chi connectivity index (χ0n) is 14.7. The van der Waals surface area contributed by atoms with Gasteiger partial charge in [-0.05, 0) is 12.5 Å². The minimum atomic E-state index is -0.271. The van der Waals surface area contributed by atoms with Crippen molar-refractivity contribution in [1.29, 1.82) is 0 Å².